The van der Waals surface area contributed by atoms with Crippen LogP contribution in [0.4, 0.5) is 18.9 Å². The molecule has 0 bridgehead atoms. The molecule has 1 amide bonds. The average molecular weight is 444 g/mol. The van der Waals surface area contributed by atoms with Crippen molar-refractivity contribution in [2.24, 2.45) is 0 Å². The fraction of sp³-hybridized carbons (Fsp3) is 0.0435. The monoisotopic (exact) mass is 443 g/mol. The predicted molar refractivity (Wildman–Crippen MR) is 112 cm³/mol. The zero-order valence-corrected chi connectivity index (χ0v) is 16.4. The Kier molecular flexibility index (Phi) is 5.29. The van der Waals surface area contributed by atoms with Crippen molar-refractivity contribution >= 4 is 34.2 Å². The molecule has 8 heteroatoms. The topological polar surface area (TPSA) is 59.3 Å². The molecule has 4 nitrogen and oxygen atoms in total. The molecule has 0 aliphatic carbocycles. The van der Waals surface area contributed by atoms with E-state index in [1.165, 1.54) is 12.1 Å². The second-order valence-corrected chi connectivity index (χ2v) is 7.12. The molecular formula is C23H13ClF3NO3. The highest BCUT2D eigenvalue weighted by Gasteiger charge is 2.31. The van der Waals surface area contributed by atoms with Gasteiger partial charge in [0.2, 0.25) is 0 Å². The molecule has 0 aliphatic rings. The van der Waals surface area contributed by atoms with Gasteiger partial charge in [0.15, 0.2) is 0 Å². The van der Waals surface area contributed by atoms with Crippen LogP contribution in [0.1, 0.15) is 15.9 Å². The number of halogens is 4. The van der Waals surface area contributed by atoms with Crippen LogP contribution in [0.15, 0.2) is 82.0 Å². The van der Waals surface area contributed by atoms with E-state index < -0.39 is 23.3 Å². The summed E-state index contributed by atoms with van der Waals surface area (Å²) >= 11 is 5.88. The summed E-state index contributed by atoms with van der Waals surface area (Å²) in [5, 5.41) is 3.01. The van der Waals surface area contributed by atoms with Crippen LogP contribution in [0.2, 0.25) is 5.02 Å². The summed E-state index contributed by atoms with van der Waals surface area (Å²) in [4.78, 5) is 24.8. The second-order valence-electron chi connectivity index (χ2n) is 6.71. The van der Waals surface area contributed by atoms with Crippen LogP contribution in [0.5, 0.6) is 0 Å². The van der Waals surface area contributed by atoms with Crippen molar-refractivity contribution in [3.05, 3.63) is 99.4 Å². The molecule has 0 atom stereocenters. The minimum Gasteiger partial charge on any atom is -0.422 e. The van der Waals surface area contributed by atoms with Gasteiger partial charge >= 0.3 is 11.8 Å². The number of hydrogen-bond acceptors (Lipinski definition) is 3. The van der Waals surface area contributed by atoms with Crippen molar-refractivity contribution in [3.8, 4) is 11.1 Å². The van der Waals surface area contributed by atoms with Crippen LogP contribution >= 0.6 is 11.6 Å². The van der Waals surface area contributed by atoms with Gasteiger partial charge in [-0.2, -0.15) is 13.2 Å². The first-order chi connectivity index (χ1) is 14.7. The van der Waals surface area contributed by atoms with Gasteiger partial charge < -0.3 is 9.73 Å². The first-order valence-electron chi connectivity index (χ1n) is 9.04. The first kappa shape index (κ1) is 20.7. The molecule has 1 heterocycles. The normalized spacial score (nSPS) is 11.5. The molecule has 4 aromatic rings. The Morgan fingerprint density at radius 2 is 1.65 bits per heavy atom. The van der Waals surface area contributed by atoms with Crippen molar-refractivity contribution < 1.29 is 22.4 Å². The third-order valence-electron chi connectivity index (χ3n) is 4.64. The fourth-order valence-electron chi connectivity index (χ4n) is 3.05. The van der Waals surface area contributed by atoms with E-state index in [4.69, 9.17) is 16.0 Å². The summed E-state index contributed by atoms with van der Waals surface area (Å²) in [6.45, 7) is 0. The predicted octanol–water partition coefficient (Wildman–Crippen LogP) is 6.38. The molecule has 0 unspecified atom stereocenters. The molecular weight excluding hydrogens is 431 g/mol. The van der Waals surface area contributed by atoms with Crippen molar-refractivity contribution in [2.45, 2.75) is 6.18 Å². The summed E-state index contributed by atoms with van der Waals surface area (Å²) in [5.41, 5.74) is 0.256. The van der Waals surface area contributed by atoms with Crippen LogP contribution in [0.3, 0.4) is 0 Å². The van der Waals surface area contributed by atoms with Crippen molar-refractivity contribution in [3.63, 3.8) is 0 Å². The van der Waals surface area contributed by atoms with Gasteiger partial charge in [0.1, 0.15) is 5.58 Å². The summed E-state index contributed by atoms with van der Waals surface area (Å²) in [5.74, 6) is -0.557. The van der Waals surface area contributed by atoms with E-state index in [0.29, 0.717) is 16.7 Å². The fourth-order valence-corrected chi connectivity index (χ4v) is 3.28. The lowest BCUT2D eigenvalue weighted by Crippen LogP contribution is -2.13. The van der Waals surface area contributed by atoms with E-state index in [-0.39, 0.29) is 16.3 Å². The molecule has 0 saturated heterocycles. The standard InChI is InChI=1S/C23H13ClF3NO3/c24-18-12-16(23(25,26)27)9-10-19(18)28-21(29)14-7-5-13(6-8-14)17-11-15-3-1-2-4-20(15)31-22(17)30/h1-12H,(H,28,29). The third-order valence-corrected chi connectivity index (χ3v) is 4.96. The zero-order valence-electron chi connectivity index (χ0n) is 15.7. The number of para-hydroxylation sites is 1. The Hall–Kier alpha value is -3.58. The average Bonchev–Trinajstić information content (AvgIpc) is 2.74. The molecule has 156 valence electrons. The Labute approximate surface area is 178 Å². The summed E-state index contributed by atoms with van der Waals surface area (Å²) in [6, 6.07) is 17.7. The van der Waals surface area contributed by atoms with Crippen LogP contribution in [-0.2, 0) is 6.18 Å². The molecule has 1 aromatic heterocycles. The largest absolute Gasteiger partial charge is 0.422 e. The second kappa shape index (κ2) is 7.92. The van der Waals surface area contributed by atoms with Gasteiger partial charge in [0.25, 0.3) is 5.91 Å². The molecule has 0 aliphatic heterocycles. The first-order valence-corrected chi connectivity index (χ1v) is 9.41. The number of carbonyl (C=O) groups is 1. The van der Waals surface area contributed by atoms with Crippen LogP contribution in [0.25, 0.3) is 22.1 Å². The maximum absolute atomic E-state index is 12.7. The summed E-state index contributed by atoms with van der Waals surface area (Å²) in [7, 11) is 0. The minimum atomic E-state index is -4.53. The van der Waals surface area contributed by atoms with E-state index in [0.717, 1.165) is 23.6 Å². The molecule has 0 fully saturated rings. The Morgan fingerprint density at radius 3 is 2.32 bits per heavy atom. The maximum Gasteiger partial charge on any atom is 0.416 e. The van der Waals surface area contributed by atoms with Crippen LogP contribution in [-0.4, -0.2) is 5.91 Å². The number of amides is 1. The Balaban J connectivity index is 1.57. The van der Waals surface area contributed by atoms with Gasteiger partial charge in [-0.1, -0.05) is 41.9 Å². The van der Waals surface area contributed by atoms with Gasteiger partial charge in [0.05, 0.1) is 21.8 Å². The molecule has 1 N–H and O–H groups in total. The number of nitrogens with one attached hydrogen (secondary N) is 1. The van der Waals surface area contributed by atoms with Crippen molar-refractivity contribution in [1.29, 1.82) is 0 Å². The van der Waals surface area contributed by atoms with Crippen molar-refractivity contribution in [1.82, 2.24) is 0 Å². The van der Waals surface area contributed by atoms with Crippen LogP contribution in [0, 0.1) is 0 Å². The molecule has 0 saturated carbocycles. The lowest BCUT2D eigenvalue weighted by Gasteiger charge is -2.11. The van der Waals surface area contributed by atoms with Gasteiger partial charge in [0, 0.05) is 10.9 Å². The SMILES string of the molecule is O=C(Nc1ccc(C(F)(F)F)cc1Cl)c1ccc(-c2cc3ccccc3oc2=O)cc1. The van der Waals surface area contributed by atoms with E-state index in [1.807, 2.05) is 12.1 Å². The maximum atomic E-state index is 12.7. The smallest absolute Gasteiger partial charge is 0.416 e. The summed E-state index contributed by atoms with van der Waals surface area (Å²) < 4.78 is 43.6. The van der Waals surface area contributed by atoms with E-state index >= 15 is 0 Å². The highest BCUT2D eigenvalue weighted by molar-refractivity contribution is 6.34. The lowest BCUT2D eigenvalue weighted by atomic mass is 10.0. The van der Waals surface area contributed by atoms with Gasteiger partial charge in [-0.25, -0.2) is 4.79 Å². The number of hydrogen-bond donors (Lipinski definition) is 1. The van der Waals surface area contributed by atoms with Crippen molar-refractivity contribution in [2.75, 3.05) is 5.32 Å². The quantitative estimate of drug-likeness (QED) is 0.373. The number of fused-ring (bicyclic) bond motifs is 1. The molecule has 3 aromatic carbocycles. The number of carbonyl (C=O) groups excluding carboxylic acids is 1. The molecule has 31 heavy (non-hydrogen) atoms. The lowest BCUT2D eigenvalue weighted by molar-refractivity contribution is -0.137. The number of benzene rings is 3. The minimum absolute atomic E-state index is 0.0546. The third kappa shape index (κ3) is 4.32. The highest BCUT2D eigenvalue weighted by atomic mass is 35.5. The van der Waals surface area contributed by atoms with E-state index in [1.54, 1.807) is 30.3 Å². The Morgan fingerprint density at radius 1 is 0.935 bits per heavy atom. The number of anilines is 1. The molecule has 4 rings (SSSR count). The zero-order chi connectivity index (χ0) is 22.2. The Bertz CT molecular complexity index is 1350. The highest BCUT2D eigenvalue weighted by Crippen LogP contribution is 2.34. The van der Waals surface area contributed by atoms with Gasteiger partial charge in [-0.15, -0.1) is 0 Å². The molecule has 0 radical (unpaired) electrons. The van der Waals surface area contributed by atoms with Gasteiger partial charge in [-0.05, 0) is 48.0 Å². The summed E-state index contributed by atoms with van der Waals surface area (Å²) in [6.07, 6.45) is -4.53. The number of alkyl halides is 3. The number of rotatable bonds is 3. The van der Waals surface area contributed by atoms with Gasteiger partial charge in [-0.3, -0.25) is 4.79 Å². The van der Waals surface area contributed by atoms with E-state index in [9.17, 15) is 22.8 Å². The molecule has 0 spiro atoms. The van der Waals surface area contributed by atoms with Crippen LogP contribution < -0.4 is 10.9 Å². The van der Waals surface area contributed by atoms with E-state index in [2.05, 4.69) is 5.32 Å².